The van der Waals surface area contributed by atoms with E-state index < -0.39 is 9.84 Å². The summed E-state index contributed by atoms with van der Waals surface area (Å²) in [7, 11) is -1.57. The summed E-state index contributed by atoms with van der Waals surface area (Å²) in [5, 5.41) is 8.24. The van der Waals surface area contributed by atoms with Gasteiger partial charge < -0.3 is 14.8 Å². The molecule has 3 heterocycles. The van der Waals surface area contributed by atoms with Crippen molar-refractivity contribution in [1.29, 1.82) is 0 Å². The van der Waals surface area contributed by atoms with Crippen molar-refractivity contribution in [3.63, 3.8) is 0 Å². The number of nitrogens with one attached hydrogen (secondary N) is 1. The number of ether oxygens (including phenoxy) is 2. The summed E-state index contributed by atoms with van der Waals surface area (Å²) >= 11 is 0. The third-order valence-corrected chi connectivity index (χ3v) is 8.84. The zero-order chi connectivity index (χ0) is 28.6. The number of carbonyl (C=O) groups excluding carboxylic acids is 1. The minimum Gasteiger partial charge on any atom is -0.497 e. The van der Waals surface area contributed by atoms with Gasteiger partial charge in [0.2, 0.25) is 0 Å². The van der Waals surface area contributed by atoms with E-state index in [0.29, 0.717) is 51.6 Å². The molecule has 208 valence electrons. The molecule has 3 aromatic carbocycles. The van der Waals surface area contributed by atoms with Gasteiger partial charge >= 0.3 is 0 Å². The predicted octanol–water partition coefficient (Wildman–Crippen LogP) is 5.82. The van der Waals surface area contributed by atoms with Gasteiger partial charge in [0.1, 0.15) is 17.2 Å². The van der Waals surface area contributed by atoms with Gasteiger partial charge in [0.25, 0.3) is 5.91 Å². The average Bonchev–Trinajstić information content (AvgIpc) is 3.52. The topological polar surface area (TPSA) is 112 Å². The molecule has 1 N–H and O–H groups in total. The quantitative estimate of drug-likeness (QED) is 0.263. The summed E-state index contributed by atoms with van der Waals surface area (Å²) in [6.07, 6.45) is 0.447. The Morgan fingerprint density at radius 2 is 1.68 bits per heavy atom. The molecule has 1 atom stereocenters. The summed E-state index contributed by atoms with van der Waals surface area (Å²) in [4.78, 5) is 18.7. The molecule has 1 aliphatic heterocycles. The second-order valence-electron chi connectivity index (χ2n) is 9.97. The Morgan fingerprint density at radius 3 is 2.39 bits per heavy atom. The SMILES string of the molecule is COc1cccc(-c2cc(C(=O)Nc3ccc(Oc4ccccc4)cc3)c3c(C)nn(C4CCS(=O)(=O)C4)c3n2)c1. The Labute approximate surface area is 237 Å². The fourth-order valence-corrected chi connectivity index (χ4v) is 6.77. The largest absolute Gasteiger partial charge is 0.497 e. The van der Waals surface area contributed by atoms with Crippen molar-refractivity contribution in [2.45, 2.75) is 19.4 Å². The van der Waals surface area contributed by atoms with Crippen molar-refractivity contribution in [2.24, 2.45) is 0 Å². The van der Waals surface area contributed by atoms with E-state index in [1.54, 1.807) is 42.1 Å². The first kappa shape index (κ1) is 26.5. The lowest BCUT2D eigenvalue weighted by molar-refractivity contribution is 0.102. The van der Waals surface area contributed by atoms with Crippen LogP contribution in [0.5, 0.6) is 17.2 Å². The second-order valence-corrected chi connectivity index (χ2v) is 12.2. The monoisotopic (exact) mass is 568 g/mol. The molecule has 10 heteroatoms. The van der Waals surface area contributed by atoms with E-state index in [2.05, 4.69) is 10.4 Å². The second kappa shape index (κ2) is 10.7. The summed E-state index contributed by atoms with van der Waals surface area (Å²) in [5.74, 6) is 1.78. The van der Waals surface area contributed by atoms with Crippen LogP contribution >= 0.6 is 0 Å². The number of methoxy groups -OCH3 is 1. The van der Waals surface area contributed by atoms with E-state index >= 15 is 0 Å². The maximum atomic E-state index is 13.8. The third-order valence-electron chi connectivity index (χ3n) is 7.09. The Kier molecular flexibility index (Phi) is 6.92. The highest BCUT2D eigenvalue weighted by Gasteiger charge is 2.32. The number of aromatic nitrogens is 3. The first-order valence-electron chi connectivity index (χ1n) is 13.2. The van der Waals surface area contributed by atoms with Gasteiger partial charge in [0.05, 0.1) is 47.0 Å². The van der Waals surface area contributed by atoms with Crippen molar-refractivity contribution < 1.29 is 22.7 Å². The molecule has 9 nitrogen and oxygen atoms in total. The van der Waals surface area contributed by atoms with Crippen LogP contribution in [-0.2, 0) is 9.84 Å². The molecule has 0 radical (unpaired) electrons. The number of hydrogen-bond donors (Lipinski definition) is 1. The Hall–Kier alpha value is -4.70. The normalized spacial score (nSPS) is 16.0. The average molecular weight is 569 g/mol. The van der Waals surface area contributed by atoms with Gasteiger partial charge in [0.15, 0.2) is 15.5 Å². The summed E-state index contributed by atoms with van der Waals surface area (Å²) in [5.41, 5.74) is 3.37. The lowest BCUT2D eigenvalue weighted by Gasteiger charge is -2.13. The fraction of sp³-hybridized carbons (Fsp3) is 0.194. The highest BCUT2D eigenvalue weighted by Crippen LogP contribution is 2.33. The molecule has 41 heavy (non-hydrogen) atoms. The number of pyridine rings is 1. The van der Waals surface area contributed by atoms with Crippen LogP contribution in [0.4, 0.5) is 5.69 Å². The Balaban J connectivity index is 1.38. The molecule has 0 aliphatic carbocycles. The molecule has 6 rings (SSSR count). The van der Waals surface area contributed by atoms with Crippen molar-refractivity contribution in [3.8, 4) is 28.5 Å². The number of nitrogens with zero attached hydrogens (tertiary/aromatic N) is 3. The van der Waals surface area contributed by atoms with Crippen molar-refractivity contribution in [2.75, 3.05) is 23.9 Å². The smallest absolute Gasteiger partial charge is 0.256 e. The lowest BCUT2D eigenvalue weighted by Crippen LogP contribution is -2.15. The van der Waals surface area contributed by atoms with Crippen LogP contribution in [0.25, 0.3) is 22.3 Å². The van der Waals surface area contributed by atoms with E-state index in [4.69, 9.17) is 14.5 Å². The molecular formula is C31H28N4O5S. The molecule has 0 saturated carbocycles. The first-order valence-corrected chi connectivity index (χ1v) is 15.0. The van der Waals surface area contributed by atoms with Crippen LogP contribution in [0.15, 0.2) is 84.9 Å². The number of fused-ring (bicyclic) bond motifs is 1. The number of amides is 1. The Bertz CT molecular complexity index is 1850. The highest BCUT2D eigenvalue weighted by molar-refractivity contribution is 7.91. The maximum absolute atomic E-state index is 13.8. The van der Waals surface area contributed by atoms with Gasteiger partial charge in [-0.15, -0.1) is 0 Å². The minimum absolute atomic E-state index is 0.00673. The van der Waals surface area contributed by atoms with Crippen LogP contribution in [0.2, 0.25) is 0 Å². The molecule has 0 bridgehead atoms. The number of rotatable bonds is 7. The van der Waals surface area contributed by atoms with Crippen LogP contribution < -0.4 is 14.8 Å². The number of para-hydroxylation sites is 1. The summed E-state index contributed by atoms with van der Waals surface area (Å²) in [6, 6.07) is 25.4. The van der Waals surface area contributed by atoms with Crippen LogP contribution in [0.3, 0.4) is 0 Å². The highest BCUT2D eigenvalue weighted by atomic mass is 32.2. The number of carbonyl (C=O) groups is 1. The van der Waals surface area contributed by atoms with E-state index in [-0.39, 0.29) is 23.5 Å². The molecule has 2 aromatic heterocycles. The lowest BCUT2D eigenvalue weighted by atomic mass is 10.0. The van der Waals surface area contributed by atoms with Crippen molar-refractivity contribution in [1.82, 2.24) is 14.8 Å². The minimum atomic E-state index is -3.16. The molecule has 1 aliphatic rings. The van der Waals surface area contributed by atoms with E-state index in [1.165, 1.54) is 0 Å². The van der Waals surface area contributed by atoms with Crippen LogP contribution in [0, 0.1) is 6.92 Å². The number of hydrogen-bond acceptors (Lipinski definition) is 7. The number of anilines is 1. The standard InChI is InChI=1S/C31H28N4O5S/c1-20-29-27(31(36)32-22-11-13-25(14-12-22)40-24-8-4-3-5-9-24)18-28(21-7-6-10-26(17-21)39-2)33-30(29)35(34-20)23-15-16-41(37,38)19-23/h3-14,17-18,23H,15-16,19H2,1-2H3,(H,32,36). The van der Waals surface area contributed by atoms with Gasteiger partial charge in [-0.05, 0) is 67.9 Å². The Morgan fingerprint density at radius 1 is 0.951 bits per heavy atom. The number of sulfone groups is 1. The molecule has 1 fully saturated rings. The molecule has 1 saturated heterocycles. The van der Waals surface area contributed by atoms with Crippen LogP contribution in [0.1, 0.15) is 28.5 Å². The molecule has 1 unspecified atom stereocenters. The fourth-order valence-electron chi connectivity index (χ4n) is 5.07. The van der Waals surface area contributed by atoms with E-state index in [9.17, 15) is 13.2 Å². The summed E-state index contributed by atoms with van der Waals surface area (Å²) < 4.78 is 37.5. The van der Waals surface area contributed by atoms with Crippen molar-refractivity contribution >= 4 is 32.5 Å². The summed E-state index contributed by atoms with van der Waals surface area (Å²) in [6.45, 7) is 1.81. The first-order chi connectivity index (χ1) is 19.8. The third kappa shape index (κ3) is 5.51. The molecular weight excluding hydrogens is 540 g/mol. The van der Waals surface area contributed by atoms with E-state index in [0.717, 1.165) is 11.3 Å². The number of aryl methyl sites for hydroxylation is 1. The van der Waals surface area contributed by atoms with Gasteiger partial charge in [-0.25, -0.2) is 18.1 Å². The molecule has 1 amide bonds. The molecule has 5 aromatic rings. The van der Waals surface area contributed by atoms with Gasteiger partial charge in [0, 0.05) is 11.3 Å². The molecule has 0 spiro atoms. The zero-order valence-corrected chi connectivity index (χ0v) is 23.4. The van der Waals surface area contributed by atoms with Gasteiger partial charge in [-0.3, -0.25) is 4.79 Å². The van der Waals surface area contributed by atoms with Crippen LogP contribution in [-0.4, -0.2) is 47.7 Å². The zero-order valence-electron chi connectivity index (χ0n) is 22.6. The number of benzene rings is 3. The predicted molar refractivity (Wildman–Crippen MR) is 157 cm³/mol. The van der Waals surface area contributed by atoms with E-state index in [1.807, 2.05) is 61.5 Å². The van der Waals surface area contributed by atoms with Crippen molar-refractivity contribution in [3.05, 3.63) is 96.2 Å². The van der Waals surface area contributed by atoms with Gasteiger partial charge in [-0.1, -0.05) is 30.3 Å². The maximum Gasteiger partial charge on any atom is 0.256 e. The van der Waals surface area contributed by atoms with Gasteiger partial charge in [-0.2, -0.15) is 5.10 Å².